The highest BCUT2D eigenvalue weighted by molar-refractivity contribution is 6.26. The summed E-state index contributed by atoms with van der Waals surface area (Å²) >= 11 is 0. The molecule has 10 rings (SSSR count). The highest BCUT2D eigenvalue weighted by Gasteiger charge is 2.15. The highest BCUT2D eigenvalue weighted by Crippen LogP contribution is 2.40. The Morgan fingerprint density at radius 1 is 0.222 bits per heavy atom. The van der Waals surface area contributed by atoms with E-state index < -0.39 is 0 Å². The molecule has 54 heavy (non-hydrogen) atoms. The Kier molecular flexibility index (Phi) is 7.69. The zero-order valence-corrected chi connectivity index (χ0v) is 29.0. The first-order valence-electron chi connectivity index (χ1n) is 17.8. The van der Waals surface area contributed by atoms with Crippen LogP contribution in [0.1, 0.15) is 0 Å². The predicted molar refractivity (Wildman–Crippen MR) is 218 cm³/mol. The van der Waals surface area contributed by atoms with Crippen molar-refractivity contribution in [1.29, 1.82) is 0 Å². The molecule has 0 amide bonds. The lowest BCUT2D eigenvalue weighted by Crippen LogP contribution is -1.92. The van der Waals surface area contributed by atoms with Gasteiger partial charge in [-0.25, -0.2) is 15.0 Å². The van der Waals surface area contributed by atoms with Crippen LogP contribution in [0.2, 0.25) is 0 Å². The summed E-state index contributed by atoms with van der Waals surface area (Å²) < 4.78 is 0. The fraction of sp³-hybridized carbons (Fsp3) is 0. The molecule has 6 heteroatoms. The molecular formula is C48H30N6. The summed E-state index contributed by atoms with van der Waals surface area (Å²) in [7, 11) is 0. The Labute approximate surface area is 311 Å². The molecular weight excluding hydrogens is 661 g/mol. The monoisotopic (exact) mass is 690 g/mol. The van der Waals surface area contributed by atoms with Crippen molar-refractivity contribution >= 4 is 32.3 Å². The van der Waals surface area contributed by atoms with E-state index in [1.165, 1.54) is 0 Å². The molecule has 0 saturated heterocycles. The Balaban J connectivity index is 1.17. The van der Waals surface area contributed by atoms with Crippen LogP contribution in [0.4, 0.5) is 0 Å². The van der Waals surface area contributed by atoms with Gasteiger partial charge in [0.15, 0.2) is 0 Å². The summed E-state index contributed by atoms with van der Waals surface area (Å²) in [5, 5.41) is 6.92. The van der Waals surface area contributed by atoms with E-state index in [4.69, 9.17) is 15.0 Å². The van der Waals surface area contributed by atoms with E-state index in [0.29, 0.717) is 0 Å². The van der Waals surface area contributed by atoms with E-state index in [1.807, 2.05) is 91.0 Å². The van der Waals surface area contributed by atoms with Crippen LogP contribution in [-0.4, -0.2) is 29.9 Å². The number of benzene rings is 4. The van der Waals surface area contributed by atoms with Crippen LogP contribution in [0.25, 0.3) is 100 Å². The molecule has 6 nitrogen and oxygen atoms in total. The third-order valence-electron chi connectivity index (χ3n) is 9.85. The van der Waals surface area contributed by atoms with Gasteiger partial charge in [-0.2, -0.15) is 0 Å². The fourth-order valence-electron chi connectivity index (χ4n) is 7.24. The summed E-state index contributed by atoms with van der Waals surface area (Å²) in [5.41, 5.74) is 10.8. The molecule has 0 N–H and O–H groups in total. The van der Waals surface area contributed by atoms with Crippen molar-refractivity contribution in [3.8, 4) is 67.9 Å². The zero-order chi connectivity index (χ0) is 35.8. The van der Waals surface area contributed by atoms with Crippen molar-refractivity contribution in [3.05, 3.63) is 182 Å². The zero-order valence-electron chi connectivity index (χ0n) is 29.0. The van der Waals surface area contributed by atoms with Crippen LogP contribution in [0.15, 0.2) is 182 Å². The number of nitrogens with zero attached hydrogens (tertiary/aromatic N) is 6. The summed E-state index contributed by atoms with van der Waals surface area (Å²) in [6.07, 6.45) is 5.40. The van der Waals surface area contributed by atoms with Crippen molar-refractivity contribution < 1.29 is 0 Å². The first kappa shape index (κ1) is 31.3. The molecule has 252 valence electrons. The fourth-order valence-corrected chi connectivity index (χ4v) is 7.24. The lowest BCUT2D eigenvalue weighted by molar-refractivity contribution is 1.25. The standard InChI is InChI=1S/C48H30N6/c1-4-25-49-43(10-1)46-16-7-13-40(52-46)31-19-22-34-37(28-31)35-23-20-32(41-14-8-17-47(53-41)44-11-2-5-26-50-44)30-39(35)36-24-21-33(29-38(34)36)42-15-9-18-48(54-42)45-12-3-6-27-51-45/h1-30H. The third kappa shape index (κ3) is 5.72. The van der Waals surface area contributed by atoms with Crippen LogP contribution in [0, 0.1) is 0 Å². The minimum atomic E-state index is 0.840. The van der Waals surface area contributed by atoms with E-state index in [0.717, 1.165) is 100 Å². The van der Waals surface area contributed by atoms with Gasteiger partial charge in [-0.3, -0.25) is 15.0 Å². The normalized spacial score (nSPS) is 11.3. The second-order valence-electron chi connectivity index (χ2n) is 13.2. The molecule has 4 aromatic carbocycles. The van der Waals surface area contributed by atoms with Gasteiger partial charge >= 0.3 is 0 Å². The average Bonchev–Trinajstić information content (AvgIpc) is 3.27. The molecule has 0 saturated carbocycles. The maximum atomic E-state index is 5.05. The molecule has 0 fully saturated rings. The van der Waals surface area contributed by atoms with Gasteiger partial charge in [-0.1, -0.05) is 72.8 Å². The topological polar surface area (TPSA) is 77.3 Å². The van der Waals surface area contributed by atoms with Crippen molar-refractivity contribution in [2.24, 2.45) is 0 Å². The predicted octanol–water partition coefficient (Wildman–Crippen LogP) is 11.5. The maximum absolute atomic E-state index is 5.05. The van der Waals surface area contributed by atoms with Crippen LogP contribution < -0.4 is 0 Å². The van der Waals surface area contributed by atoms with Crippen LogP contribution in [-0.2, 0) is 0 Å². The summed E-state index contributed by atoms with van der Waals surface area (Å²) in [4.78, 5) is 28.8. The lowest BCUT2D eigenvalue weighted by atomic mass is 9.90. The lowest BCUT2D eigenvalue weighted by Gasteiger charge is -2.15. The Morgan fingerprint density at radius 2 is 0.519 bits per heavy atom. The number of fused-ring (bicyclic) bond motifs is 6. The molecule has 0 aliphatic heterocycles. The van der Waals surface area contributed by atoms with Gasteiger partial charge in [-0.05, 0) is 123 Å². The minimum absolute atomic E-state index is 0.840. The van der Waals surface area contributed by atoms with Gasteiger partial charge in [0.2, 0.25) is 0 Å². The molecule has 6 heterocycles. The van der Waals surface area contributed by atoms with Gasteiger partial charge in [0.25, 0.3) is 0 Å². The van der Waals surface area contributed by atoms with E-state index in [-0.39, 0.29) is 0 Å². The number of rotatable bonds is 6. The van der Waals surface area contributed by atoms with E-state index >= 15 is 0 Å². The second kappa shape index (κ2) is 13.3. The smallest absolute Gasteiger partial charge is 0.0893 e. The van der Waals surface area contributed by atoms with Crippen LogP contribution in [0.3, 0.4) is 0 Å². The number of hydrogen-bond donors (Lipinski definition) is 0. The Morgan fingerprint density at radius 3 is 0.815 bits per heavy atom. The molecule has 6 aromatic heterocycles. The summed E-state index contributed by atoms with van der Waals surface area (Å²) in [5.74, 6) is 0. The van der Waals surface area contributed by atoms with Crippen LogP contribution in [0.5, 0.6) is 0 Å². The quantitative estimate of drug-likeness (QED) is 0.162. The van der Waals surface area contributed by atoms with E-state index in [2.05, 4.69) is 87.7 Å². The Bertz CT molecular complexity index is 2630. The van der Waals surface area contributed by atoms with Gasteiger partial charge < -0.3 is 0 Å². The van der Waals surface area contributed by atoms with Crippen molar-refractivity contribution in [1.82, 2.24) is 29.9 Å². The number of pyridine rings is 6. The molecule has 0 aliphatic rings. The van der Waals surface area contributed by atoms with Gasteiger partial charge in [0.1, 0.15) is 0 Å². The highest BCUT2D eigenvalue weighted by atomic mass is 14.8. The largest absolute Gasteiger partial charge is 0.255 e. The summed E-state index contributed by atoms with van der Waals surface area (Å²) in [6.45, 7) is 0. The SMILES string of the molecule is c1ccc(-c2cccc(-c3ccc4c(c3)c3ccc(-c5cccc(-c6ccccn6)n5)cc3c3ccc(-c5cccc(-c6ccccn6)n5)cc43)n2)nc1. The number of aromatic nitrogens is 6. The summed E-state index contributed by atoms with van der Waals surface area (Å²) in [6, 6.07) is 56.1. The maximum Gasteiger partial charge on any atom is 0.0893 e. The van der Waals surface area contributed by atoms with Crippen molar-refractivity contribution in [3.63, 3.8) is 0 Å². The van der Waals surface area contributed by atoms with Crippen molar-refractivity contribution in [2.45, 2.75) is 0 Å². The molecule has 0 spiro atoms. The molecule has 10 aromatic rings. The first-order valence-corrected chi connectivity index (χ1v) is 17.8. The molecule has 0 unspecified atom stereocenters. The average molecular weight is 691 g/mol. The van der Waals surface area contributed by atoms with Crippen LogP contribution >= 0.6 is 0 Å². The molecule has 0 bridgehead atoms. The van der Waals surface area contributed by atoms with E-state index in [9.17, 15) is 0 Å². The second-order valence-corrected chi connectivity index (χ2v) is 13.2. The van der Waals surface area contributed by atoms with Crippen molar-refractivity contribution in [2.75, 3.05) is 0 Å². The Hall–Kier alpha value is -7.44. The van der Waals surface area contributed by atoms with Gasteiger partial charge in [0.05, 0.1) is 51.2 Å². The van der Waals surface area contributed by atoms with Gasteiger partial charge in [-0.15, -0.1) is 0 Å². The first-order chi connectivity index (χ1) is 26.7. The number of hydrogen-bond acceptors (Lipinski definition) is 6. The minimum Gasteiger partial charge on any atom is -0.255 e. The molecule has 0 aliphatic carbocycles. The molecule has 0 radical (unpaired) electrons. The van der Waals surface area contributed by atoms with E-state index in [1.54, 1.807) is 18.6 Å². The van der Waals surface area contributed by atoms with Gasteiger partial charge in [0, 0.05) is 35.3 Å². The molecule has 0 atom stereocenters. The third-order valence-corrected chi connectivity index (χ3v) is 9.85.